The fraction of sp³-hybridized carbons (Fsp3) is 0.391. The summed E-state index contributed by atoms with van der Waals surface area (Å²) < 4.78 is 0. The number of carbonyl (C=O) groups excluding carboxylic acids is 2. The second-order valence-corrected chi connectivity index (χ2v) is 9.72. The van der Waals surface area contributed by atoms with Gasteiger partial charge in [-0.3, -0.25) is 14.5 Å². The molecule has 5 nitrogen and oxygen atoms in total. The van der Waals surface area contributed by atoms with Crippen molar-refractivity contribution in [3.05, 3.63) is 59.1 Å². The van der Waals surface area contributed by atoms with Crippen molar-refractivity contribution in [1.29, 1.82) is 0 Å². The van der Waals surface area contributed by atoms with Crippen LogP contribution in [0.2, 0.25) is 5.02 Å². The van der Waals surface area contributed by atoms with Crippen LogP contribution in [0.3, 0.4) is 0 Å². The number of piperazine rings is 1. The number of anilines is 1. The number of nitrogens with zero attached hydrogens (tertiary/aromatic N) is 3. The normalized spacial score (nSPS) is 19.9. The van der Waals surface area contributed by atoms with Crippen LogP contribution in [0.25, 0.3) is 0 Å². The summed E-state index contributed by atoms with van der Waals surface area (Å²) in [5.74, 6) is 0.153. The lowest BCUT2D eigenvalue weighted by atomic mass is 10.2. The molecule has 2 aromatic carbocycles. The highest BCUT2D eigenvalue weighted by Crippen LogP contribution is 2.37. The van der Waals surface area contributed by atoms with Crippen LogP contribution in [-0.4, -0.2) is 66.1 Å². The SMILES string of the molecule is CC1CCN(C(=O)CN2CCN(C(=O)c3ccc(Cl)cc3)CC2)c2ccccc2S1. The van der Waals surface area contributed by atoms with Crippen molar-refractivity contribution in [2.24, 2.45) is 0 Å². The van der Waals surface area contributed by atoms with Crippen LogP contribution < -0.4 is 4.90 Å². The molecule has 0 bridgehead atoms. The van der Waals surface area contributed by atoms with Gasteiger partial charge in [0.25, 0.3) is 5.91 Å². The number of hydrogen-bond donors (Lipinski definition) is 0. The highest BCUT2D eigenvalue weighted by molar-refractivity contribution is 8.00. The van der Waals surface area contributed by atoms with Crippen LogP contribution in [0.4, 0.5) is 5.69 Å². The maximum atomic E-state index is 13.1. The van der Waals surface area contributed by atoms with Gasteiger partial charge < -0.3 is 9.80 Å². The lowest BCUT2D eigenvalue weighted by Crippen LogP contribution is -2.51. The van der Waals surface area contributed by atoms with Gasteiger partial charge in [-0.15, -0.1) is 11.8 Å². The zero-order valence-electron chi connectivity index (χ0n) is 17.1. The van der Waals surface area contributed by atoms with Crippen molar-refractivity contribution in [2.75, 3.05) is 44.2 Å². The zero-order chi connectivity index (χ0) is 21.1. The van der Waals surface area contributed by atoms with Crippen molar-refractivity contribution in [3.8, 4) is 0 Å². The van der Waals surface area contributed by atoms with Crippen molar-refractivity contribution in [2.45, 2.75) is 23.5 Å². The molecule has 1 unspecified atom stereocenters. The Bertz CT molecular complexity index is 913. The molecule has 1 atom stereocenters. The summed E-state index contributed by atoms with van der Waals surface area (Å²) in [7, 11) is 0. The van der Waals surface area contributed by atoms with Gasteiger partial charge in [-0.05, 0) is 42.8 Å². The fourth-order valence-electron chi connectivity index (χ4n) is 3.91. The average molecular weight is 444 g/mol. The Morgan fingerprint density at radius 2 is 1.70 bits per heavy atom. The minimum atomic E-state index is 0.0186. The van der Waals surface area contributed by atoms with Crippen molar-refractivity contribution < 1.29 is 9.59 Å². The van der Waals surface area contributed by atoms with E-state index in [9.17, 15) is 9.59 Å². The second-order valence-electron chi connectivity index (χ2n) is 7.81. The lowest BCUT2D eigenvalue weighted by Gasteiger charge is -2.35. The summed E-state index contributed by atoms with van der Waals surface area (Å²) in [6.07, 6.45) is 0.981. The Labute approximate surface area is 187 Å². The summed E-state index contributed by atoms with van der Waals surface area (Å²) in [6.45, 7) is 6.00. The quantitative estimate of drug-likeness (QED) is 0.718. The molecule has 1 fully saturated rings. The van der Waals surface area contributed by atoms with E-state index in [1.54, 1.807) is 24.3 Å². The molecule has 0 aromatic heterocycles. The Balaban J connectivity index is 1.35. The van der Waals surface area contributed by atoms with Crippen LogP contribution in [-0.2, 0) is 4.79 Å². The first kappa shape index (κ1) is 21.2. The molecule has 2 aromatic rings. The van der Waals surface area contributed by atoms with E-state index >= 15 is 0 Å². The molecule has 1 saturated heterocycles. The molecule has 0 aliphatic carbocycles. The van der Waals surface area contributed by atoms with Gasteiger partial charge in [-0.2, -0.15) is 0 Å². The van der Waals surface area contributed by atoms with E-state index < -0.39 is 0 Å². The third-order valence-corrected chi connectivity index (χ3v) is 7.14. The van der Waals surface area contributed by atoms with E-state index in [2.05, 4.69) is 17.9 Å². The number of amides is 2. The number of carbonyl (C=O) groups is 2. The first-order valence-corrected chi connectivity index (χ1v) is 11.6. The number of thioether (sulfide) groups is 1. The summed E-state index contributed by atoms with van der Waals surface area (Å²) >= 11 is 7.76. The van der Waals surface area contributed by atoms with Crippen LogP contribution in [0, 0.1) is 0 Å². The molecular formula is C23H26ClN3O2S. The molecule has 2 aliphatic rings. The van der Waals surface area contributed by atoms with E-state index in [0.29, 0.717) is 48.6 Å². The molecule has 158 valence electrons. The molecule has 2 heterocycles. The summed E-state index contributed by atoms with van der Waals surface area (Å²) in [4.78, 5) is 32.9. The molecule has 0 saturated carbocycles. The monoisotopic (exact) mass is 443 g/mol. The Morgan fingerprint density at radius 3 is 2.43 bits per heavy atom. The molecule has 0 radical (unpaired) electrons. The van der Waals surface area contributed by atoms with Gasteiger partial charge in [0.2, 0.25) is 5.91 Å². The summed E-state index contributed by atoms with van der Waals surface area (Å²) in [6, 6.07) is 15.2. The molecule has 7 heteroatoms. The Hall–Kier alpha value is -2.02. The van der Waals surface area contributed by atoms with Gasteiger partial charge in [0.05, 0.1) is 12.2 Å². The first-order chi connectivity index (χ1) is 14.5. The predicted octanol–water partition coefficient (Wildman–Crippen LogP) is 4.02. The minimum absolute atomic E-state index is 0.0186. The minimum Gasteiger partial charge on any atom is -0.336 e. The van der Waals surface area contributed by atoms with Crippen molar-refractivity contribution >= 4 is 40.9 Å². The Morgan fingerprint density at radius 1 is 1.00 bits per heavy atom. The molecule has 2 aliphatic heterocycles. The molecule has 2 amide bonds. The number of para-hydroxylation sites is 1. The number of rotatable bonds is 3. The number of hydrogen-bond acceptors (Lipinski definition) is 4. The first-order valence-electron chi connectivity index (χ1n) is 10.3. The van der Waals surface area contributed by atoms with Crippen molar-refractivity contribution in [1.82, 2.24) is 9.80 Å². The van der Waals surface area contributed by atoms with Crippen LogP contribution in [0.1, 0.15) is 23.7 Å². The smallest absolute Gasteiger partial charge is 0.253 e. The molecular weight excluding hydrogens is 418 g/mol. The van der Waals surface area contributed by atoms with Gasteiger partial charge in [0.1, 0.15) is 0 Å². The van der Waals surface area contributed by atoms with Crippen LogP contribution in [0.5, 0.6) is 0 Å². The predicted molar refractivity (Wildman–Crippen MR) is 123 cm³/mol. The van der Waals surface area contributed by atoms with Gasteiger partial charge in [-0.25, -0.2) is 0 Å². The van der Waals surface area contributed by atoms with E-state index in [4.69, 9.17) is 11.6 Å². The second kappa shape index (κ2) is 9.41. The zero-order valence-corrected chi connectivity index (χ0v) is 18.7. The topological polar surface area (TPSA) is 43.9 Å². The summed E-state index contributed by atoms with van der Waals surface area (Å²) in [5.41, 5.74) is 1.67. The molecule has 0 N–H and O–H groups in total. The van der Waals surface area contributed by atoms with Gasteiger partial charge >= 0.3 is 0 Å². The van der Waals surface area contributed by atoms with E-state index in [1.807, 2.05) is 39.8 Å². The van der Waals surface area contributed by atoms with E-state index in [0.717, 1.165) is 18.7 Å². The van der Waals surface area contributed by atoms with Crippen LogP contribution >= 0.6 is 23.4 Å². The van der Waals surface area contributed by atoms with E-state index in [-0.39, 0.29) is 11.8 Å². The molecule has 4 rings (SSSR count). The van der Waals surface area contributed by atoms with E-state index in [1.165, 1.54) is 4.90 Å². The maximum absolute atomic E-state index is 13.1. The maximum Gasteiger partial charge on any atom is 0.253 e. The number of fused-ring (bicyclic) bond motifs is 1. The standard InChI is InChI=1S/C23H26ClN3O2S/c1-17-10-11-27(20-4-2-3-5-21(20)30-17)22(28)16-25-12-14-26(15-13-25)23(29)18-6-8-19(24)9-7-18/h2-9,17H,10-16H2,1H3. The lowest BCUT2D eigenvalue weighted by molar-refractivity contribution is -0.120. The van der Waals surface area contributed by atoms with Gasteiger partial charge in [0, 0.05) is 53.5 Å². The van der Waals surface area contributed by atoms with Gasteiger partial charge in [0.15, 0.2) is 0 Å². The van der Waals surface area contributed by atoms with Gasteiger partial charge in [-0.1, -0.05) is 30.7 Å². The van der Waals surface area contributed by atoms with Crippen molar-refractivity contribution in [3.63, 3.8) is 0 Å². The average Bonchev–Trinajstić information content (AvgIpc) is 2.92. The Kier molecular flexibility index (Phi) is 6.66. The number of halogens is 1. The summed E-state index contributed by atoms with van der Waals surface area (Å²) in [5, 5.41) is 1.11. The molecule has 0 spiro atoms. The number of benzene rings is 2. The molecule has 30 heavy (non-hydrogen) atoms. The highest BCUT2D eigenvalue weighted by Gasteiger charge is 2.28. The largest absolute Gasteiger partial charge is 0.336 e. The highest BCUT2D eigenvalue weighted by atomic mass is 35.5. The fourth-order valence-corrected chi connectivity index (χ4v) is 5.15. The third kappa shape index (κ3) is 4.82. The van der Waals surface area contributed by atoms with Crippen LogP contribution in [0.15, 0.2) is 53.4 Å². The third-order valence-electron chi connectivity index (χ3n) is 5.65.